The van der Waals surface area contributed by atoms with Crippen molar-refractivity contribution in [2.24, 2.45) is 0 Å². The van der Waals surface area contributed by atoms with Crippen LogP contribution in [0.25, 0.3) is 0 Å². The molecule has 0 aromatic carbocycles. The number of nitrogens with zero attached hydrogens (tertiary/aromatic N) is 1. The van der Waals surface area contributed by atoms with Crippen LogP contribution in [-0.2, 0) is 9.59 Å². The normalized spacial score (nSPS) is 12.3. The van der Waals surface area contributed by atoms with Crippen LogP contribution in [0, 0.1) is 0 Å². The van der Waals surface area contributed by atoms with Crippen LogP contribution in [0.3, 0.4) is 0 Å². The number of hydrogen-bond acceptors (Lipinski definition) is 2. The minimum atomic E-state index is -0.428. The van der Waals surface area contributed by atoms with Crippen LogP contribution < -0.4 is 0 Å². The molecule has 51 valence electrons. The van der Waals surface area contributed by atoms with Crippen LogP contribution in [0.2, 0.25) is 0 Å². The van der Waals surface area contributed by atoms with Crippen molar-refractivity contribution in [2.45, 2.75) is 19.9 Å². The first-order valence-electron chi connectivity index (χ1n) is 2.70. The van der Waals surface area contributed by atoms with Crippen LogP contribution in [0.15, 0.2) is 0 Å². The van der Waals surface area contributed by atoms with Gasteiger partial charge in [0, 0.05) is 14.0 Å². The first kappa shape index (κ1) is 8.14. The minimum Gasteiger partial charge on any atom is -0.336 e. The maximum absolute atomic E-state index is 10.5. The third kappa shape index (κ3) is 2.26. The molecule has 0 aromatic rings. The molecule has 0 rings (SSSR count). The average Bonchev–Trinajstić information content (AvgIpc) is 1.84. The molecular formula is C6H10NO2. The van der Waals surface area contributed by atoms with Crippen LogP contribution >= 0.6 is 0 Å². The molecule has 3 nitrogen and oxygen atoms in total. The summed E-state index contributed by atoms with van der Waals surface area (Å²) in [6, 6.07) is -0.428. The van der Waals surface area contributed by atoms with E-state index in [0.29, 0.717) is 0 Å². The fraction of sp³-hybridized carbons (Fsp3) is 0.667. The van der Waals surface area contributed by atoms with Crippen molar-refractivity contribution >= 4 is 12.2 Å². The number of hydrogen-bond donors (Lipinski definition) is 0. The molecule has 0 aliphatic heterocycles. The molecule has 1 radical (unpaired) electrons. The third-order valence-corrected chi connectivity index (χ3v) is 1.25. The fourth-order valence-corrected chi connectivity index (χ4v) is 0.352. The maximum atomic E-state index is 10.5. The van der Waals surface area contributed by atoms with Gasteiger partial charge >= 0.3 is 0 Å². The maximum Gasteiger partial charge on any atom is 0.222 e. The summed E-state index contributed by atoms with van der Waals surface area (Å²) in [5, 5.41) is 0. The van der Waals surface area contributed by atoms with Crippen LogP contribution in [0.4, 0.5) is 0 Å². The van der Waals surface area contributed by atoms with Gasteiger partial charge in [-0.1, -0.05) is 0 Å². The summed E-state index contributed by atoms with van der Waals surface area (Å²) in [6.07, 6.45) is 1.70. The van der Waals surface area contributed by atoms with Crippen molar-refractivity contribution in [2.75, 3.05) is 7.05 Å². The van der Waals surface area contributed by atoms with Crippen molar-refractivity contribution in [3.63, 3.8) is 0 Å². The summed E-state index contributed by atoms with van der Waals surface area (Å²) >= 11 is 0. The predicted octanol–water partition coefficient (Wildman–Crippen LogP) is -0.0371. The quantitative estimate of drug-likeness (QED) is 0.523. The molecule has 1 atom stereocenters. The molecule has 0 aliphatic rings. The first-order valence-corrected chi connectivity index (χ1v) is 2.70. The lowest BCUT2D eigenvalue weighted by Crippen LogP contribution is -2.33. The molecule has 0 saturated heterocycles. The summed E-state index contributed by atoms with van der Waals surface area (Å²) in [4.78, 5) is 21.7. The Labute approximate surface area is 54.6 Å². The van der Waals surface area contributed by atoms with E-state index in [1.54, 1.807) is 20.3 Å². The molecule has 0 N–H and O–H groups in total. The summed E-state index contributed by atoms with van der Waals surface area (Å²) in [5.74, 6) is -0.120. The Morgan fingerprint density at radius 2 is 2.11 bits per heavy atom. The SMILES string of the molecule is CC(=O)N(C)C(C)[C]=O. The monoisotopic (exact) mass is 128 g/mol. The molecule has 0 heterocycles. The van der Waals surface area contributed by atoms with Crippen molar-refractivity contribution in [1.29, 1.82) is 0 Å². The van der Waals surface area contributed by atoms with Crippen LogP contribution in [0.1, 0.15) is 13.8 Å². The van der Waals surface area contributed by atoms with Gasteiger partial charge in [0.1, 0.15) is 0 Å². The summed E-state index contributed by atoms with van der Waals surface area (Å²) in [5.41, 5.74) is 0. The molecule has 0 aromatic heterocycles. The summed E-state index contributed by atoms with van der Waals surface area (Å²) in [6.45, 7) is 3.03. The Kier molecular flexibility index (Phi) is 2.91. The zero-order chi connectivity index (χ0) is 7.44. The topological polar surface area (TPSA) is 37.4 Å². The number of carbonyl (C=O) groups excluding carboxylic acids is 2. The minimum absolute atomic E-state index is 0.120. The highest BCUT2D eigenvalue weighted by atomic mass is 16.2. The summed E-state index contributed by atoms with van der Waals surface area (Å²) < 4.78 is 0. The molecule has 9 heavy (non-hydrogen) atoms. The van der Waals surface area contributed by atoms with Gasteiger partial charge < -0.3 is 4.90 Å². The Morgan fingerprint density at radius 3 is 2.22 bits per heavy atom. The second-order valence-corrected chi connectivity index (χ2v) is 1.92. The Bertz CT molecular complexity index is 122. The zero-order valence-corrected chi connectivity index (χ0v) is 5.84. The third-order valence-electron chi connectivity index (χ3n) is 1.25. The van der Waals surface area contributed by atoms with E-state index in [1.165, 1.54) is 11.8 Å². The predicted molar refractivity (Wildman–Crippen MR) is 33.6 cm³/mol. The van der Waals surface area contributed by atoms with Gasteiger partial charge in [-0.2, -0.15) is 0 Å². The van der Waals surface area contributed by atoms with E-state index in [1.807, 2.05) is 0 Å². The molecule has 0 fully saturated rings. The van der Waals surface area contributed by atoms with Gasteiger partial charge in [-0.15, -0.1) is 0 Å². The van der Waals surface area contributed by atoms with E-state index in [-0.39, 0.29) is 5.91 Å². The highest BCUT2D eigenvalue weighted by molar-refractivity contribution is 5.77. The van der Waals surface area contributed by atoms with Crippen molar-refractivity contribution in [3.05, 3.63) is 0 Å². The molecule has 0 aliphatic carbocycles. The number of likely N-dealkylation sites (N-methyl/N-ethyl adjacent to an activating group) is 1. The second-order valence-electron chi connectivity index (χ2n) is 1.92. The van der Waals surface area contributed by atoms with E-state index in [2.05, 4.69) is 0 Å². The van der Waals surface area contributed by atoms with Gasteiger partial charge in [-0.25, -0.2) is 0 Å². The van der Waals surface area contributed by atoms with E-state index >= 15 is 0 Å². The van der Waals surface area contributed by atoms with Gasteiger partial charge in [0.2, 0.25) is 12.2 Å². The first-order chi connectivity index (χ1) is 4.09. The highest BCUT2D eigenvalue weighted by Crippen LogP contribution is 1.90. The van der Waals surface area contributed by atoms with E-state index in [0.717, 1.165) is 0 Å². The second kappa shape index (κ2) is 3.22. The number of rotatable bonds is 2. The van der Waals surface area contributed by atoms with E-state index in [9.17, 15) is 9.59 Å². The van der Waals surface area contributed by atoms with Gasteiger partial charge in [0.15, 0.2) is 0 Å². The van der Waals surface area contributed by atoms with Crippen molar-refractivity contribution in [1.82, 2.24) is 4.90 Å². The highest BCUT2D eigenvalue weighted by Gasteiger charge is 2.09. The standard InChI is InChI=1S/C6H10NO2/c1-5(4-8)7(3)6(2)9/h5H,1-3H3. The van der Waals surface area contributed by atoms with Gasteiger partial charge in [-0.05, 0) is 6.92 Å². The largest absolute Gasteiger partial charge is 0.336 e. The number of amides is 1. The Morgan fingerprint density at radius 1 is 1.67 bits per heavy atom. The average molecular weight is 128 g/mol. The lowest BCUT2D eigenvalue weighted by Gasteiger charge is -2.16. The van der Waals surface area contributed by atoms with Gasteiger partial charge in [0.05, 0.1) is 6.04 Å². The van der Waals surface area contributed by atoms with Crippen molar-refractivity contribution in [3.8, 4) is 0 Å². The molecule has 1 amide bonds. The molecule has 0 spiro atoms. The number of carbonyl (C=O) groups is 1. The van der Waals surface area contributed by atoms with E-state index < -0.39 is 6.04 Å². The molecular weight excluding hydrogens is 118 g/mol. The molecule has 0 saturated carbocycles. The fourth-order valence-electron chi connectivity index (χ4n) is 0.352. The smallest absolute Gasteiger partial charge is 0.222 e. The van der Waals surface area contributed by atoms with Crippen LogP contribution in [-0.4, -0.2) is 30.2 Å². The molecule has 0 bridgehead atoms. The van der Waals surface area contributed by atoms with E-state index in [4.69, 9.17) is 0 Å². The van der Waals surface area contributed by atoms with Gasteiger partial charge in [0.25, 0.3) is 0 Å². The lowest BCUT2D eigenvalue weighted by atomic mass is 10.3. The zero-order valence-electron chi connectivity index (χ0n) is 5.84. The summed E-state index contributed by atoms with van der Waals surface area (Å²) in [7, 11) is 1.57. The van der Waals surface area contributed by atoms with Crippen LogP contribution in [0.5, 0.6) is 0 Å². The lowest BCUT2D eigenvalue weighted by molar-refractivity contribution is -0.128. The molecule has 3 heteroatoms. The van der Waals surface area contributed by atoms with Crippen molar-refractivity contribution < 1.29 is 9.59 Å². The molecule has 1 unspecified atom stereocenters. The Balaban J connectivity index is 3.86. The van der Waals surface area contributed by atoms with Gasteiger partial charge in [-0.3, -0.25) is 9.59 Å². The Hall–Kier alpha value is -0.860.